The smallest absolute Gasteiger partial charge is 0.281 e. The molecule has 0 saturated heterocycles. The van der Waals surface area contributed by atoms with Crippen molar-refractivity contribution in [3.8, 4) is 17.6 Å². The van der Waals surface area contributed by atoms with Crippen LogP contribution in [0.4, 0.5) is 0 Å². The van der Waals surface area contributed by atoms with Gasteiger partial charge in [0, 0.05) is 4.47 Å². The Balaban J connectivity index is 1.47. The molecule has 24 heavy (non-hydrogen) atoms. The Morgan fingerprint density at radius 2 is 2.08 bits per heavy atom. The van der Waals surface area contributed by atoms with E-state index in [0.717, 1.165) is 20.4 Å². The van der Waals surface area contributed by atoms with Gasteiger partial charge in [-0.15, -0.1) is 11.3 Å². The van der Waals surface area contributed by atoms with Crippen molar-refractivity contribution in [3.05, 3.63) is 58.0 Å². The first-order chi connectivity index (χ1) is 11.7. The van der Waals surface area contributed by atoms with Gasteiger partial charge in [-0.1, -0.05) is 46.0 Å². The summed E-state index contributed by atoms with van der Waals surface area (Å²) in [6.45, 7) is 0.532. The summed E-state index contributed by atoms with van der Waals surface area (Å²) < 4.78 is 7.44. The predicted octanol–water partition coefficient (Wildman–Crippen LogP) is 3.87. The molecule has 6 heteroatoms. The number of hydrogen-bond acceptors (Lipinski definition) is 4. The summed E-state index contributed by atoms with van der Waals surface area (Å²) in [6, 6.07) is 15.2. The summed E-state index contributed by atoms with van der Waals surface area (Å²) in [5.74, 6) is 6.27. The average molecular weight is 401 g/mol. The number of nitrogens with one attached hydrogen (secondary N) is 1. The fraction of sp³-hybridized carbons (Fsp3) is 0.111. The van der Waals surface area contributed by atoms with Crippen LogP contribution in [0.3, 0.4) is 0 Å². The molecule has 3 rings (SSSR count). The Bertz CT molecular complexity index is 894. The molecule has 120 valence electrons. The lowest BCUT2D eigenvalue weighted by Gasteiger charge is -2.01. The molecule has 1 amide bonds. The third kappa shape index (κ3) is 4.34. The molecule has 0 radical (unpaired) electrons. The molecule has 0 atom stereocenters. The standard InChI is InChI=1S/C18H13BrN2O2S/c19-13-6-5-7-14(12-13)23-11-4-3-10-20-17(22)18-21-15-8-1-2-9-16(15)24-18/h1-2,5-9,12H,10-11H2,(H,20,22). The van der Waals surface area contributed by atoms with Gasteiger partial charge >= 0.3 is 0 Å². The molecule has 0 aliphatic carbocycles. The van der Waals surface area contributed by atoms with Crippen LogP contribution in [-0.2, 0) is 0 Å². The lowest BCUT2D eigenvalue weighted by Crippen LogP contribution is -2.23. The van der Waals surface area contributed by atoms with Gasteiger partial charge in [-0.25, -0.2) is 4.98 Å². The van der Waals surface area contributed by atoms with Crippen molar-refractivity contribution < 1.29 is 9.53 Å². The number of thiazole rings is 1. The minimum absolute atomic E-state index is 0.210. The molecule has 4 nitrogen and oxygen atoms in total. The Hall–Kier alpha value is -2.36. The van der Waals surface area contributed by atoms with E-state index in [-0.39, 0.29) is 19.1 Å². The van der Waals surface area contributed by atoms with Crippen molar-refractivity contribution in [1.82, 2.24) is 10.3 Å². The van der Waals surface area contributed by atoms with Crippen LogP contribution in [0.2, 0.25) is 0 Å². The summed E-state index contributed by atoms with van der Waals surface area (Å²) in [4.78, 5) is 16.3. The van der Waals surface area contributed by atoms with Crippen LogP contribution in [0.25, 0.3) is 10.2 Å². The first kappa shape index (κ1) is 16.5. The summed E-state index contributed by atoms with van der Waals surface area (Å²) in [5, 5.41) is 3.19. The van der Waals surface area contributed by atoms with Crippen molar-refractivity contribution in [2.45, 2.75) is 0 Å². The normalized spacial score (nSPS) is 10.0. The van der Waals surface area contributed by atoms with Gasteiger partial charge in [-0.05, 0) is 30.3 Å². The molecule has 1 N–H and O–H groups in total. The van der Waals surface area contributed by atoms with Crippen molar-refractivity contribution in [1.29, 1.82) is 0 Å². The van der Waals surface area contributed by atoms with E-state index in [1.807, 2.05) is 48.5 Å². The van der Waals surface area contributed by atoms with Gasteiger partial charge < -0.3 is 10.1 Å². The van der Waals surface area contributed by atoms with Crippen LogP contribution < -0.4 is 10.1 Å². The van der Waals surface area contributed by atoms with Crippen molar-refractivity contribution >= 4 is 43.4 Å². The number of nitrogens with zero attached hydrogens (tertiary/aromatic N) is 1. The Labute approximate surface area is 152 Å². The fourth-order valence-electron chi connectivity index (χ4n) is 1.96. The number of benzene rings is 2. The molecule has 1 heterocycles. The van der Waals surface area contributed by atoms with Crippen LogP contribution in [0.5, 0.6) is 5.75 Å². The maximum atomic E-state index is 12.0. The van der Waals surface area contributed by atoms with E-state index < -0.39 is 0 Å². The van der Waals surface area contributed by atoms with Gasteiger partial charge in [-0.2, -0.15) is 0 Å². The monoisotopic (exact) mass is 400 g/mol. The second-order valence-corrected chi connectivity index (χ2v) is 6.72. The lowest BCUT2D eigenvalue weighted by molar-refractivity contribution is 0.0958. The SMILES string of the molecule is O=C(NCC#CCOc1cccc(Br)c1)c1nc2ccccc2s1. The number of halogens is 1. The second-order valence-electron chi connectivity index (χ2n) is 4.77. The highest BCUT2D eigenvalue weighted by Gasteiger charge is 2.10. The third-order valence-electron chi connectivity index (χ3n) is 3.06. The fourth-order valence-corrected chi connectivity index (χ4v) is 3.22. The first-order valence-corrected chi connectivity index (χ1v) is 8.81. The number of rotatable bonds is 4. The number of ether oxygens (including phenoxy) is 1. The van der Waals surface area contributed by atoms with Gasteiger partial charge in [-0.3, -0.25) is 4.79 Å². The van der Waals surface area contributed by atoms with Crippen LogP contribution in [0, 0.1) is 11.8 Å². The zero-order chi connectivity index (χ0) is 16.8. The van der Waals surface area contributed by atoms with Crippen molar-refractivity contribution in [2.24, 2.45) is 0 Å². The molecular formula is C18H13BrN2O2S. The Morgan fingerprint density at radius 1 is 1.21 bits per heavy atom. The lowest BCUT2D eigenvalue weighted by atomic mass is 10.3. The molecule has 0 saturated carbocycles. The number of carbonyl (C=O) groups excluding carboxylic acids is 1. The zero-order valence-electron chi connectivity index (χ0n) is 12.6. The molecular weight excluding hydrogens is 388 g/mol. The van der Waals surface area contributed by atoms with Crippen molar-refractivity contribution in [3.63, 3.8) is 0 Å². The molecule has 0 fully saturated rings. The third-order valence-corrected chi connectivity index (χ3v) is 4.59. The summed E-state index contributed by atoms with van der Waals surface area (Å²) >= 11 is 4.75. The highest BCUT2D eigenvalue weighted by molar-refractivity contribution is 9.10. The highest BCUT2D eigenvalue weighted by atomic mass is 79.9. The van der Waals surface area contributed by atoms with E-state index >= 15 is 0 Å². The molecule has 2 aromatic carbocycles. The Kier molecular flexibility index (Phi) is 5.47. The molecule has 0 bridgehead atoms. The van der Waals surface area contributed by atoms with Gasteiger partial charge in [0.25, 0.3) is 5.91 Å². The van der Waals surface area contributed by atoms with E-state index in [1.165, 1.54) is 11.3 Å². The summed E-state index contributed by atoms with van der Waals surface area (Å²) in [5.41, 5.74) is 0.834. The molecule has 0 spiro atoms. The molecule has 1 aromatic heterocycles. The average Bonchev–Trinajstić information content (AvgIpc) is 3.02. The minimum atomic E-state index is -0.210. The van der Waals surface area contributed by atoms with Crippen LogP contribution in [0.1, 0.15) is 9.80 Å². The number of fused-ring (bicyclic) bond motifs is 1. The van der Waals surface area contributed by atoms with Gasteiger partial charge in [0.2, 0.25) is 0 Å². The number of hydrogen-bond donors (Lipinski definition) is 1. The van der Waals surface area contributed by atoms with E-state index in [2.05, 4.69) is 38.1 Å². The van der Waals surface area contributed by atoms with Gasteiger partial charge in [0.05, 0.1) is 16.8 Å². The van der Waals surface area contributed by atoms with Crippen molar-refractivity contribution in [2.75, 3.05) is 13.2 Å². The molecule has 0 aliphatic heterocycles. The van der Waals surface area contributed by atoms with Gasteiger partial charge in [0.15, 0.2) is 5.01 Å². The first-order valence-electron chi connectivity index (χ1n) is 7.20. The number of para-hydroxylation sites is 1. The molecule has 0 aliphatic rings. The van der Waals surface area contributed by atoms with Crippen LogP contribution >= 0.6 is 27.3 Å². The number of amides is 1. The summed E-state index contributed by atoms with van der Waals surface area (Å²) in [7, 11) is 0. The van der Waals surface area contributed by atoms with E-state index in [4.69, 9.17) is 4.74 Å². The van der Waals surface area contributed by atoms with Crippen LogP contribution in [0.15, 0.2) is 53.0 Å². The summed E-state index contributed by atoms with van der Waals surface area (Å²) in [6.07, 6.45) is 0. The molecule has 0 unspecified atom stereocenters. The minimum Gasteiger partial charge on any atom is -0.481 e. The number of carbonyl (C=O) groups is 1. The van der Waals surface area contributed by atoms with E-state index in [9.17, 15) is 4.79 Å². The maximum absolute atomic E-state index is 12.0. The Morgan fingerprint density at radius 3 is 2.92 bits per heavy atom. The quantitative estimate of drug-likeness (QED) is 0.676. The predicted molar refractivity (Wildman–Crippen MR) is 99.4 cm³/mol. The maximum Gasteiger partial charge on any atom is 0.281 e. The van der Waals surface area contributed by atoms with E-state index in [1.54, 1.807) is 0 Å². The zero-order valence-corrected chi connectivity index (χ0v) is 15.0. The highest BCUT2D eigenvalue weighted by Crippen LogP contribution is 2.21. The second kappa shape index (κ2) is 7.95. The van der Waals surface area contributed by atoms with Gasteiger partial charge in [0.1, 0.15) is 12.4 Å². The van der Waals surface area contributed by atoms with Crippen LogP contribution in [-0.4, -0.2) is 24.0 Å². The van der Waals surface area contributed by atoms with E-state index in [0.29, 0.717) is 5.01 Å². The topological polar surface area (TPSA) is 51.2 Å². The molecule has 3 aromatic rings. The number of aromatic nitrogens is 1. The largest absolute Gasteiger partial charge is 0.481 e.